The Balaban J connectivity index is 1.43. The number of nitrogens with two attached hydrogens (primary N) is 2. The molecule has 0 radical (unpaired) electrons. The molecule has 3 saturated carbocycles. The van der Waals surface area contributed by atoms with E-state index in [9.17, 15) is 18.4 Å². The minimum Gasteiger partial charge on any atom is -0.387 e. The first kappa shape index (κ1) is 24.4. The lowest BCUT2D eigenvalue weighted by Crippen LogP contribution is -2.52. The van der Waals surface area contributed by atoms with Crippen LogP contribution in [0, 0.1) is 29.1 Å². The Kier molecular flexibility index (Phi) is 7.26. The van der Waals surface area contributed by atoms with Crippen LogP contribution in [0.15, 0.2) is 0 Å². The highest BCUT2D eigenvalue weighted by Crippen LogP contribution is 2.43. The van der Waals surface area contributed by atoms with Gasteiger partial charge in [-0.2, -0.15) is 0 Å². The van der Waals surface area contributed by atoms with Crippen molar-refractivity contribution in [2.45, 2.75) is 101 Å². The van der Waals surface area contributed by atoms with E-state index >= 15 is 0 Å². The maximum absolute atomic E-state index is 13.5. The zero-order chi connectivity index (χ0) is 23.8. The third-order valence-electron chi connectivity index (χ3n) is 8.83. The Morgan fingerprint density at radius 1 is 0.939 bits per heavy atom. The van der Waals surface area contributed by atoms with Gasteiger partial charge >= 0.3 is 0 Å². The fraction of sp³-hybridized carbons (Fsp3) is 0.875. The number of halogens is 2. The number of amidine groups is 1. The number of hydrogen-bond donors (Lipinski definition) is 4. The lowest BCUT2D eigenvalue weighted by atomic mass is 9.77. The van der Waals surface area contributed by atoms with Gasteiger partial charge in [-0.15, -0.1) is 0 Å². The number of nitrogens with one attached hydrogen (secondary N) is 2. The summed E-state index contributed by atoms with van der Waals surface area (Å²) in [5, 5.41) is 11.0. The van der Waals surface area contributed by atoms with Gasteiger partial charge in [-0.25, -0.2) is 8.78 Å². The van der Waals surface area contributed by atoms with E-state index < -0.39 is 5.92 Å². The van der Waals surface area contributed by atoms with Gasteiger partial charge < -0.3 is 16.8 Å². The second-order valence-electron chi connectivity index (χ2n) is 11.0. The second kappa shape index (κ2) is 9.84. The van der Waals surface area contributed by atoms with Crippen LogP contribution < -0.4 is 16.8 Å². The van der Waals surface area contributed by atoms with Crippen LogP contribution in [0.4, 0.5) is 8.78 Å². The van der Waals surface area contributed by atoms with E-state index in [1.54, 1.807) is 0 Å². The SMILES string of the molecule is N=C(N)C1CCC2CC(C(=O)NC3CCC(F)(F)CC3)N(CC3CCC(C(N)=O)CC3)C2C1. The van der Waals surface area contributed by atoms with Gasteiger partial charge in [-0.05, 0) is 76.0 Å². The van der Waals surface area contributed by atoms with Crippen LogP contribution in [-0.4, -0.2) is 53.1 Å². The number of nitrogens with zero attached hydrogens (tertiary/aromatic N) is 1. The quantitative estimate of drug-likeness (QED) is 0.354. The predicted octanol–water partition coefficient (Wildman–Crippen LogP) is 2.77. The first-order chi connectivity index (χ1) is 15.6. The van der Waals surface area contributed by atoms with Crippen LogP contribution in [-0.2, 0) is 9.59 Å². The van der Waals surface area contributed by atoms with Crippen molar-refractivity contribution in [2.75, 3.05) is 6.54 Å². The third kappa shape index (κ3) is 5.66. The predicted molar refractivity (Wildman–Crippen MR) is 122 cm³/mol. The molecule has 0 aromatic carbocycles. The molecular weight excluding hydrogens is 428 g/mol. The number of fused-ring (bicyclic) bond motifs is 1. The number of alkyl halides is 2. The molecule has 7 nitrogen and oxygen atoms in total. The molecule has 4 fully saturated rings. The summed E-state index contributed by atoms with van der Waals surface area (Å²) in [6.07, 6.45) is 7.17. The summed E-state index contributed by atoms with van der Waals surface area (Å²) < 4.78 is 27.1. The summed E-state index contributed by atoms with van der Waals surface area (Å²) in [7, 11) is 0. The maximum atomic E-state index is 13.5. The van der Waals surface area contributed by atoms with Crippen molar-refractivity contribution in [1.82, 2.24) is 10.2 Å². The first-order valence-electron chi connectivity index (χ1n) is 12.7. The molecule has 2 amide bonds. The fourth-order valence-electron chi connectivity index (χ4n) is 6.76. The molecule has 33 heavy (non-hydrogen) atoms. The standard InChI is InChI=1S/C24H39F2N5O2/c25-24(26)9-7-18(8-10-24)30-23(33)20-11-16-5-6-17(21(27)28)12-19(16)31(20)13-14-1-3-15(4-2-14)22(29)32/h14-20H,1-13H2,(H3,27,28)(H2,29,32)(H,30,33). The van der Waals surface area contributed by atoms with Crippen molar-refractivity contribution >= 4 is 17.6 Å². The molecular formula is C24H39F2N5O2. The lowest BCUT2D eigenvalue weighted by molar-refractivity contribution is -0.128. The number of hydrogen-bond acceptors (Lipinski definition) is 4. The van der Waals surface area contributed by atoms with Gasteiger partial charge in [0.25, 0.3) is 0 Å². The summed E-state index contributed by atoms with van der Waals surface area (Å²) in [4.78, 5) is 27.2. The first-order valence-corrected chi connectivity index (χ1v) is 12.7. The molecule has 1 saturated heterocycles. The second-order valence-corrected chi connectivity index (χ2v) is 11.0. The van der Waals surface area contributed by atoms with Crippen LogP contribution in [0.25, 0.3) is 0 Å². The Hall–Kier alpha value is -1.77. The minimum atomic E-state index is -2.61. The number of carbonyl (C=O) groups excluding carboxylic acids is 2. The van der Waals surface area contributed by atoms with Gasteiger partial charge in [0.15, 0.2) is 0 Å². The van der Waals surface area contributed by atoms with Crippen LogP contribution in [0.5, 0.6) is 0 Å². The van der Waals surface area contributed by atoms with Crippen LogP contribution in [0.1, 0.15) is 77.0 Å². The number of likely N-dealkylation sites (tertiary alicyclic amines) is 1. The average Bonchev–Trinajstić information content (AvgIpc) is 3.13. The topological polar surface area (TPSA) is 125 Å². The minimum absolute atomic E-state index is 0.0372. The molecule has 6 N–H and O–H groups in total. The molecule has 0 aromatic heterocycles. The summed E-state index contributed by atoms with van der Waals surface area (Å²) >= 11 is 0. The van der Waals surface area contributed by atoms with Gasteiger partial charge in [0.1, 0.15) is 0 Å². The van der Waals surface area contributed by atoms with Crippen LogP contribution in [0.2, 0.25) is 0 Å². The highest BCUT2D eigenvalue weighted by atomic mass is 19.3. The van der Waals surface area contributed by atoms with Gasteiger partial charge in [-0.1, -0.05) is 0 Å². The molecule has 4 unspecified atom stereocenters. The average molecular weight is 468 g/mol. The van der Waals surface area contributed by atoms with E-state index in [0.717, 1.165) is 57.9 Å². The molecule has 9 heteroatoms. The van der Waals surface area contributed by atoms with Crippen molar-refractivity contribution in [3.05, 3.63) is 0 Å². The highest BCUT2D eigenvalue weighted by molar-refractivity contribution is 5.83. The molecule has 1 aliphatic heterocycles. The summed E-state index contributed by atoms with van der Waals surface area (Å²) in [6.45, 7) is 0.790. The van der Waals surface area contributed by atoms with Gasteiger partial charge in [0.05, 0.1) is 11.9 Å². The van der Waals surface area contributed by atoms with Crippen molar-refractivity contribution in [2.24, 2.45) is 35.1 Å². The van der Waals surface area contributed by atoms with E-state index in [4.69, 9.17) is 16.9 Å². The maximum Gasteiger partial charge on any atom is 0.248 e. The van der Waals surface area contributed by atoms with Gasteiger partial charge in [0, 0.05) is 43.3 Å². The van der Waals surface area contributed by atoms with Gasteiger partial charge in [0.2, 0.25) is 17.7 Å². The Morgan fingerprint density at radius 2 is 1.58 bits per heavy atom. The number of amides is 2. The van der Waals surface area contributed by atoms with Crippen molar-refractivity contribution in [3.8, 4) is 0 Å². The monoisotopic (exact) mass is 467 g/mol. The molecule has 4 aliphatic rings. The largest absolute Gasteiger partial charge is 0.387 e. The molecule has 1 heterocycles. The normalized spacial score (nSPS) is 37.3. The number of rotatable bonds is 6. The Morgan fingerprint density at radius 3 is 2.18 bits per heavy atom. The molecule has 0 bridgehead atoms. The summed E-state index contributed by atoms with van der Waals surface area (Å²) in [6, 6.07) is -0.229. The summed E-state index contributed by atoms with van der Waals surface area (Å²) in [5.74, 6) is -1.83. The molecule has 3 aliphatic carbocycles. The van der Waals surface area contributed by atoms with Gasteiger partial charge in [-0.3, -0.25) is 19.9 Å². The lowest BCUT2D eigenvalue weighted by Gasteiger charge is -2.40. The Labute approximate surface area is 194 Å². The number of primary amides is 1. The van der Waals surface area contributed by atoms with E-state index in [-0.39, 0.29) is 60.5 Å². The van der Waals surface area contributed by atoms with Crippen LogP contribution in [0.3, 0.4) is 0 Å². The molecule has 4 rings (SSSR count). The molecule has 0 spiro atoms. The molecule has 0 aromatic rings. The zero-order valence-corrected chi connectivity index (χ0v) is 19.4. The third-order valence-corrected chi connectivity index (χ3v) is 8.83. The smallest absolute Gasteiger partial charge is 0.248 e. The van der Waals surface area contributed by atoms with E-state index in [1.807, 2.05) is 0 Å². The summed E-state index contributed by atoms with van der Waals surface area (Å²) in [5.41, 5.74) is 11.3. The fourth-order valence-corrected chi connectivity index (χ4v) is 6.76. The van der Waals surface area contributed by atoms with Crippen molar-refractivity contribution in [1.29, 1.82) is 5.41 Å². The van der Waals surface area contributed by atoms with E-state index in [2.05, 4.69) is 10.2 Å². The van der Waals surface area contributed by atoms with E-state index in [1.165, 1.54) is 0 Å². The van der Waals surface area contributed by atoms with Crippen LogP contribution >= 0.6 is 0 Å². The van der Waals surface area contributed by atoms with Crippen molar-refractivity contribution < 1.29 is 18.4 Å². The van der Waals surface area contributed by atoms with Crippen molar-refractivity contribution in [3.63, 3.8) is 0 Å². The highest BCUT2D eigenvalue weighted by Gasteiger charge is 2.48. The Bertz CT molecular complexity index is 745. The number of carbonyl (C=O) groups is 2. The zero-order valence-electron chi connectivity index (χ0n) is 19.4. The molecule has 4 atom stereocenters. The van der Waals surface area contributed by atoms with E-state index in [0.29, 0.717) is 24.7 Å². The molecule has 186 valence electrons.